The van der Waals surface area contributed by atoms with Gasteiger partial charge in [-0.25, -0.2) is 13.1 Å². The lowest BCUT2D eigenvalue weighted by molar-refractivity contribution is -0.126. The van der Waals surface area contributed by atoms with Gasteiger partial charge in [-0.05, 0) is 32.4 Å². The molecule has 23 heavy (non-hydrogen) atoms. The lowest BCUT2D eigenvalue weighted by Gasteiger charge is -2.34. The number of sulfonamides is 1. The van der Waals surface area contributed by atoms with Crippen LogP contribution < -0.4 is 10.0 Å². The maximum absolute atomic E-state index is 12.3. The molecule has 1 heterocycles. The van der Waals surface area contributed by atoms with E-state index >= 15 is 0 Å². The number of likely N-dealkylation sites (tertiary alicyclic amines) is 1. The van der Waals surface area contributed by atoms with E-state index in [2.05, 4.69) is 10.0 Å². The fourth-order valence-corrected chi connectivity index (χ4v) is 4.00. The second-order valence-corrected chi connectivity index (χ2v) is 8.03. The highest BCUT2D eigenvalue weighted by atomic mass is 32.2. The lowest BCUT2D eigenvalue weighted by atomic mass is 10.1. The second-order valence-electron chi connectivity index (χ2n) is 5.86. The molecule has 1 saturated heterocycles. The van der Waals surface area contributed by atoms with Gasteiger partial charge >= 0.3 is 0 Å². The Kier molecular flexibility index (Phi) is 6.15. The van der Waals surface area contributed by atoms with Gasteiger partial charge in [-0.2, -0.15) is 0 Å². The molecule has 0 radical (unpaired) electrons. The minimum atomic E-state index is -3.21. The number of hydrogen-bond acceptors (Lipinski definition) is 4. The molecule has 1 fully saturated rings. The molecular formula is C16H25N3O3S. The maximum Gasteiger partial charge on any atom is 0.237 e. The third-order valence-electron chi connectivity index (χ3n) is 4.44. The summed E-state index contributed by atoms with van der Waals surface area (Å²) >= 11 is 0. The Bertz CT molecular complexity index is 611. The number of amides is 1. The molecule has 1 atom stereocenters. The molecule has 1 amide bonds. The number of carbonyl (C=O) groups is 1. The number of rotatable bonds is 6. The normalized spacial score (nSPS) is 18.5. The number of benzene rings is 1. The quantitative estimate of drug-likeness (QED) is 0.800. The van der Waals surface area contributed by atoms with Crippen LogP contribution in [0.5, 0.6) is 0 Å². The Hall–Kier alpha value is -1.44. The van der Waals surface area contributed by atoms with Crippen molar-refractivity contribution in [2.75, 3.05) is 20.1 Å². The molecule has 0 saturated carbocycles. The SMILES string of the molecule is CNS(=O)(=O)C1CCN([C@@H](C)C(=O)NCc2ccccc2)CC1. The molecule has 0 unspecified atom stereocenters. The lowest BCUT2D eigenvalue weighted by Crippen LogP contribution is -2.50. The topological polar surface area (TPSA) is 78.5 Å². The van der Waals surface area contributed by atoms with E-state index in [1.807, 2.05) is 42.2 Å². The van der Waals surface area contributed by atoms with Crippen molar-refractivity contribution in [2.45, 2.75) is 37.6 Å². The van der Waals surface area contributed by atoms with Crippen LogP contribution in [-0.2, 0) is 21.4 Å². The Balaban J connectivity index is 1.82. The van der Waals surface area contributed by atoms with E-state index in [1.165, 1.54) is 7.05 Å². The van der Waals surface area contributed by atoms with Crippen LogP contribution in [0.4, 0.5) is 0 Å². The number of nitrogens with one attached hydrogen (secondary N) is 2. The van der Waals surface area contributed by atoms with Crippen LogP contribution in [0.25, 0.3) is 0 Å². The zero-order chi connectivity index (χ0) is 16.9. The molecule has 128 valence electrons. The number of piperidine rings is 1. The summed E-state index contributed by atoms with van der Waals surface area (Å²) < 4.78 is 26.0. The zero-order valence-electron chi connectivity index (χ0n) is 13.7. The molecule has 1 aliphatic rings. The van der Waals surface area contributed by atoms with E-state index < -0.39 is 10.0 Å². The molecule has 7 heteroatoms. The molecule has 0 aromatic heterocycles. The molecule has 1 aromatic carbocycles. The van der Waals surface area contributed by atoms with E-state index in [-0.39, 0.29) is 17.2 Å². The summed E-state index contributed by atoms with van der Waals surface area (Å²) in [5, 5.41) is 2.58. The summed E-state index contributed by atoms with van der Waals surface area (Å²) in [6, 6.07) is 9.52. The predicted molar refractivity (Wildman–Crippen MR) is 90.3 cm³/mol. The van der Waals surface area contributed by atoms with Crippen LogP contribution in [0.3, 0.4) is 0 Å². The van der Waals surface area contributed by atoms with Crippen molar-refractivity contribution in [3.05, 3.63) is 35.9 Å². The van der Waals surface area contributed by atoms with Crippen molar-refractivity contribution in [3.63, 3.8) is 0 Å². The molecule has 0 spiro atoms. The van der Waals surface area contributed by atoms with Crippen molar-refractivity contribution >= 4 is 15.9 Å². The molecule has 2 N–H and O–H groups in total. The van der Waals surface area contributed by atoms with Crippen LogP contribution in [0, 0.1) is 0 Å². The zero-order valence-corrected chi connectivity index (χ0v) is 14.5. The van der Waals surface area contributed by atoms with Crippen molar-refractivity contribution in [3.8, 4) is 0 Å². The van der Waals surface area contributed by atoms with Crippen LogP contribution in [-0.4, -0.2) is 50.7 Å². The fourth-order valence-electron chi connectivity index (χ4n) is 2.84. The van der Waals surface area contributed by atoms with Crippen molar-refractivity contribution in [1.82, 2.24) is 14.9 Å². The summed E-state index contributed by atoms with van der Waals surface area (Å²) in [5.74, 6) is -0.0243. The van der Waals surface area contributed by atoms with Gasteiger partial charge in [0.25, 0.3) is 0 Å². The number of nitrogens with zero attached hydrogens (tertiary/aromatic N) is 1. The number of hydrogen-bond donors (Lipinski definition) is 2. The van der Waals surface area contributed by atoms with Crippen LogP contribution in [0.1, 0.15) is 25.3 Å². The van der Waals surface area contributed by atoms with Gasteiger partial charge in [-0.1, -0.05) is 30.3 Å². The van der Waals surface area contributed by atoms with Gasteiger partial charge < -0.3 is 5.32 Å². The minimum Gasteiger partial charge on any atom is -0.351 e. The maximum atomic E-state index is 12.3. The molecule has 0 aliphatic carbocycles. The fraction of sp³-hybridized carbons (Fsp3) is 0.562. The van der Waals surface area contributed by atoms with Crippen molar-refractivity contribution in [2.24, 2.45) is 0 Å². The first-order chi connectivity index (χ1) is 10.9. The smallest absolute Gasteiger partial charge is 0.237 e. The molecule has 1 aliphatic heterocycles. The summed E-state index contributed by atoms with van der Waals surface area (Å²) in [7, 11) is -1.77. The van der Waals surface area contributed by atoms with Gasteiger partial charge in [-0.3, -0.25) is 9.69 Å². The van der Waals surface area contributed by atoms with E-state index in [1.54, 1.807) is 0 Å². The highest BCUT2D eigenvalue weighted by Gasteiger charge is 2.32. The van der Waals surface area contributed by atoms with Crippen LogP contribution >= 0.6 is 0 Å². The summed E-state index contributed by atoms with van der Waals surface area (Å²) in [4.78, 5) is 14.3. The first kappa shape index (κ1) is 17.9. The highest BCUT2D eigenvalue weighted by Crippen LogP contribution is 2.18. The number of carbonyl (C=O) groups excluding carboxylic acids is 1. The molecule has 6 nitrogen and oxygen atoms in total. The van der Waals surface area contributed by atoms with Gasteiger partial charge in [0.05, 0.1) is 11.3 Å². The summed E-state index contributed by atoms with van der Waals surface area (Å²) in [6.45, 7) is 3.61. The Labute approximate surface area is 138 Å². The third-order valence-corrected chi connectivity index (χ3v) is 6.35. The monoisotopic (exact) mass is 339 g/mol. The van der Waals surface area contributed by atoms with Gasteiger partial charge in [0.1, 0.15) is 0 Å². The third kappa shape index (κ3) is 4.76. The Morgan fingerprint density at radius 2 is 1.87 bits per heavy atom. The van der Waals surface area contributed by atoms with Gasteiger partial charge in [0, 0.05) is 19.6 Å². The second kappa shape index (κ2) is 7.90. The summed E-state index contributed by atoms with van der Waals surface area (Å²) in [6.07, 6.45) is 1.11. The van der Waals surface area contributed by atoms with Crippen LogP contribution in [0.2, 0.25) is 0 Å². The van der Waals surface area contributed by atoms with E-state index in [0.29, 0.717) is 32.5 Å². The Morgan fingerprint density at radius 1 is 1.26 bits per heavy atom. The van der Waals surface area contributed by atoms with Crippen LogP contribution in [0.15, 0.2) is 30.3 Å². The Morgan fingerprint density at radius 3 is 2.43 bits per heavy atom. The first-order valence-corrected chi connectivity index (χ1v) is 9.46. The molecule has 2 rings (SSSR count). The highest BCUT2D eigenvalue weighted by molar-refractivity contribution is 7.90. The van der Waals surface area contributed by atoms with E-state index in [4.69, 9.17) is 0 Å². The predicted octanol–water partition coefficient (Wildman–Crippen LogP) is 0.705. The van der Waals surface area contributed by atoms with Gasteiger partial charge in [0.15, 0.2) is 0 Å². The summed E-state index contributed by atoms with van der Waals surface area (Å²) in [5.41, 5.74) is 1.06. The average Bonchev–Trinajstić information content (AvgIpc) is 2.60. The van der Waals surface area contributed by atoms with Crippen molar-refractivity contribution in [1.29, 1.82) is 0 Å². The van der Waals surface area contributed by atoms with Gasteiger partial charge in [0.2, 0.25) is 15.9 Å². The molecule has 1 aromatic rings. The van der Waals surface area contributed by atoms with Crippen molar-refractivity contribution < 1.29 is 13.2 Å². The average molecular weight is 339 g/mol. The standard InChI is InChI=1S/C16H25N3O3S/c1-13(16(20)18-12-14-6-4-3-5-7-14)19-10-8-15(9-11-19)23(21,22)17-2/h3-7,13,15,17H,8-12H2,1-2H3,(H,18,20)/t13-/m0/s1. The van der Waals surface area contributed by atoms with E-state index in [0.717, 1.165) is 5.56 Å². The minimum absolute atomic E-state index is 0.0243. The molecular weight excluding hydrogens is 314 g/mol. The first-order valence-electron chi connectivity index (χ1n) is 7.92. The van der Waals surface area contributed by atoms with E-state index in [9.17, 15) is 13.2 Å². The molecule has 0 bridgehead atoms. The largest absolute Gasteiger partial charge is 0.351 e. The van der Waals surface area contributed by atoms with Gasteiger partial charge in [-0.15, -0.1) is 0 Å².